The number of piperidine rings is 1. The number of anilines is 2. The van der Waals surface area contributed by atoms with Crippen LogP contribution in [0.4, 0.5) is 40.0 Å². The van der Waals surface area contributed by atoms with E-state index in [4.69, 9.17) is 0 Å². The van der Waals surface area contributed by atoms with Gasteiger partial charge in [-0.3, -0.25) is 0 Å². The second-order valence-electron chi connectivity index (χ2n) is 9.66. The zero-order valence-corrected chi connectivity index (χ0v) is 20.8. The molecule has 0 radical (unpaired) electrons. The van der Waals surface area contributed by atoms with Crippen molar-refractivity contribution in [1.29, 1.82) is 0 Å². The van der Waals surface area contributed by atoms with E-state index in [9.17, 15) is 37.5 Å². The second kappa shape index (κ2) is 7.88. The van der Waals surface area contributed by atoms with Crippen LogP contribution in [0.3, 0.4) is 0 Å². The smallest absolute Gasteiger partial charge is 0.331 e. The van der Waals surface area contributed by atoms with Gasteiger partial charge in [-0.05, 0) is 32.1 Å². The number of aromatic nitrogens is 4. The molecule has 1 saturated carbocycles. The number of nitrogens with zero attached hydrogens (tertiary/aromatic N) is 5. The van der Waals surface area contributed by atoms with E-state index < -0.39 is 49.1 Å². The molecule has 1 saturated heterocycles. The van der Waals surface area contributed by atoms with E-state index >= 15 is 0 Å². The van der Waals surface area contributed by atoms with Crippen LogP contribution in [-0.4, -0.2) is 59.7 Å². The third-order valence-corrected chi connectivity index (χ3v) is 9.58. The summed E-state index contributed by atoms with van der Waals surface area (Å²) in [7, 11) is -12.5. The Bertz CT molecular complexity index is 1250. The van der Waals surface area contributed by atoms with Crippen molar-refractivity contribution in [3.8, 4) is 0 Å². The highest BCUT2D eigenvalue weighted by Crippen LogP contribution is 3.01. The molecule has 17 heteroatoms. The molecular weight excluding hydrogens is 553 g/mol. The van der Waals surface area contributed by atoms with E-state index in [-0.39, 0.29) is 60.3 Å². The molecule has 2 aromatic rings. The molecule has 1 atom stereocenters. The van der Waals surface area contributed by atoms with Crippen LogP contribution >= 0.6 is 10.2 Å². The van der Waals surface area contributed by atoms with Crippen molar-refractivity contribution in [2.24, 2.45) is 0 Å². The lowest BCUT2D eigenvalue weighted by Crippen LogP contribution is -2.49. The largest absolute Gasteiger partial charge is 0.394 e. The molecule has 3 aliphatic rings. The van der Waals surface area contributed by atoms with Crippen molar-refractivity contribution >= 4 is 32.8 Å². The standard InChI is InChI=1S/C20H23F7N6O2S2/c21-20(22)8-14-15(36(20)35)17(32-19(11-34)4-1-5-19)31-18(30-14)33-6-2-12(3-7-33)16-28-9-13(10-29-16)37(23,24,25,26)27/h9-10,12,34H,1-8,11H2,(H,30,31,32). The Hall–Kier alpha value is -2.27. The van der Waals surface area contributed by atoms with Crippen molar-refractivity contribution in [2.45, 2.75) is 65.0 Å². The highest BCUT2D eigenvalue weighted by molar-refractivity contribution is 8.45. The van der Waals surface area contributed by atoms with E-state index in [0.29, 0.717) is 25.7 Å². The van der Waals surface area contributed by atoms with Crippen LogP contribution < -0.4 is 10.2 Å². The summed E-state index contributed by atoms with van der Waals surface area (Å²) in [5, 5.41) is 9.32. The molecule has 8 nitrogen and oxygen atoms in total. The van der Waals surface area contributed by atoms with Crippen LogP contribution in [0, 0.1) is 0 Å². The fraction of sp³-hybridized carbons (Fsp3) is 0.600. The van der Waals surface area contributed by atoms with Crippen LogP contribution in [0.2, 0.25) is 0 Å². The maximum absolute atomic E-state index is 14.3. The number of alkyl halides is 2. The van der Waals surface area contributed by atoms with E-state index in [1.54, 1.807) is 4.90 Å². The van der Waals surface area contributed by atoms with Crippen molar-refractivity contribution in [3.05, 3.63) is 23.9 Å². The topological polar surface area (TPSA) is 104 Å². The molecule has 2 fully saturated rings. The summed E-state index contributed by atoms with van der Waals surface area (Å²) < 4.78 is 106. The lowest BCUT2D eigenvalue weighted by Gasteiger charge is -2.42. The first-order valence-corrected chi connectivity index (χ1v) is 14.5. The monoisotopic (exact) mass is 576 g/mol. The van der Waals surface area contributed by atoms with Gasteiger partial charge in [0.05, 0.1) is 36.7 Å². The van der Waals surface area contributed by atoms with Gasteiger partial charge in [0, 0.05) is 19.0 Å². The Morgan fingerprint density at radius 1 is 1.08 bits per heavy atom. The average Bonchev–Trinajstić information content (AvgIpc) is 3.03. The Kier molecular flexibility index (Phi) is 5.61. The van der Waals surface area contributed by atoms with Gasteiger partial charge in [0.2, 0.25) is 5.95 Å². The number of hydrogen-bond acceptors (Lipinski definition) is 8. The van der Waals surface area contributed by atoms with Crippen LogP contribution in [-0.2, 0) is 17.2 Å². The van der Waals surface area contributed by atoms with Crippen LogP contribution in [0.15, 0.2) is 22.2 Å². The molecule has 0 amide bonds. The molecule has 1 aliphatic carbocycles. The number of aliphatic hydroxyl groups is 1. The van der Waals surface area contributed by atoms with E-state index in [0.717, 1.165) is 6.42 Å². The molecule has 0 spiro atoms. The molecule has 1 unspecified atom stereocenters. The molecule has 0 bridgehead atoms. The van der Waals surface area contributed by atoms with Crippen molar-refractivity contribution < 1.29 is 37.5 Å². The predicted octanol–water partition coefficient (Wildman–Crippen LogP) is 4.89. The quantitative estimate of drug-likeness (QED) is 0.469. The summed E-state index contributed by atoms with van der Waals surface area (Å²) in [6.45, 7) is 0.275. The van der Waals surface area contributed by atoms with E-state index in [2.05, 4.69) is 25.3 Å². The van der Waals surface area contributed by atoms with Crippen molar-refractivity contribution in [2.75, 3.05) is 29.9 Å². The summed E-state index contributed by atoms with van der Waals surface area (Å²) >= 11 is 0. The number of fused-ring (bicyclic) bond motifs is 1. The summed E-state index contributed by atoms with van der Waals surface area (Å²) in [6.07, 6.45) is 2.01. The van der Waals surface area contributed by atoms with Crippen molar-refractivity contribution in [1.82, 2.24) is 19.9 Å². The van der Waals surface area contributed by atoms with Crippen LogP contribution in [0.25, 0.3) is 0 Å². The number of aliphatic hydroxyl groups excluding tert-OH is 1. The Balaban J connectivity index is 1.36. The highest BCUT2D eigenvalue weighted by atomic mass is 32.5. The Labute approximate surface area is 209 Å². The zero-order valence-electron chi connectivity index (χ0n) is 19.1. The van der Waals surface area contributed by atoms with Gasteiger partial charge in [-0.1, -0.05) is 19.4 Å². The van der Waals surface area contributed by atoms with Gasteiger partial charge in [-0.2, -0.15) is 13.8 Å². The third-order valence-electron chi connectivity index (χ3n) is 6.99. The van der Waals surface area contributed by atoms with Crippen LogP contribution in [0.1, 0.15) is 49.5 Å². The Morgan fingerprint density at radius 2 is 1.70 bits per heavy atom. The molecule has 2 aliphatic heterocycles. The first-order valence-electron chi connectivity index (χ1n) is 11.4. The lowest BCUT2D eigenvalue weighted by molar-refractivity contribution is 0.104. The number of hydrogen-bond donors (Lipinski definition) is 2. The molecule has 4 heterocycles. The Morgan fingerprint density at radius 3 is 2.22 bits per heavy atom. The molecule has 206 valence electrons. The molecule has 37 heavy (non-hydrogen) atoms. The SMILES string of the molecule is O=S1c2c(nc(N3CCC(c4ncc(S(F)(F)(F)(F)F)cn4)CC3)nc2NC2(CO)CCC2)CC1(F)F. The minimum atomic E-state index is -9.87. The second-order valence-corrected chi connectivity index (χ2v) is 13.6. The molecule has 2 aromatic heterocycles. The first kappa shape index (κ1) is 26.3. The maximum atomic E-state index is 14.3. The van der Waals surface area contributed by atoms with Gasteiger partial charge in [0.1, 0.15) is 32.2 Å². The maximum Gasteiger partial charge on any atom is 0.331 e. The summed E-state index contributed by atoms with van der Waals surface area (Å²) in [5.41, 5.74) is -0.798. The first-order chi connectivity index (χ1) is 17.0. The summed E-state index contributed by atoms with van der Waals surface area (Å²) in [4.78, 5) is 15.0. The predicted molar refractivity (Wildman–Crippen MR) is 122 cm³/mol. The minimum Gasteiger partial charge on any atom is -0.394 e. The van der Waals surface area contributed by atoms with Gasteiger partial charge in [0.15, 0.2) is 0 Å². The fourth-order valence-corrected chi connectivity index (χ4v) is 6.36. The summed E-state index contributed by atoms with van der Waals surface area (Å²) in [5.74, 6) is -0.326. The van der Waals surface area contributed by atoms with E-state index in [1.807, 2.05) is 0 Å². The molecule has 5 rings (SSSR count). The number of rotatable bonds is 6. The summed E-state index contributed by atoms with van der Waals surface area (Å²) in [6, 6.07) is 0. The van der Waals surface area contributed by atoms with E-state index in [1.165, 1.54) is 0 Å². The van der Waals surface area contributed by atoms with Gasteiger partial charge >= 0.3 is 15.5 Å². The minimum absolute atomic E-state index is 0.00705. The lowest BCUT2D eigenvalue weighted by atomic mass is 9.77. The molecule has 2 N–H and O–H groups in total. The fourth-order valence-electron chi connectivity index (χ4n) is 4.69. The van der Waals surface area contributed by atoms with Gasteiger partial charge in [-0.15, -0.1) is 0 Å². The van der Waals surface area contributed by atoms with Gasteiger partial charge < -0.3 is 15.3 Å². The molecule has 0 aromatic carbocycles. The normalized spacial score (nSPS) is 25.1. The average molecular weight is 577 g/mol. The zero-order chi connectivity index (χ0) is 26.9. The number of halogens is 7. The molecular formula is C20H23F7N6O2S2. The third kappa shape index (κ3) is 4.96. The highest BCUT2D eigenvalue weighted by Gasteiger charge is 2.66. The van der Waals surface area contributed by atoms with Gasteiger partial charge in [-0.25, -0.2) is 19.2 Å². The van der Waals surface area contributed by atoms with Crippen molar-refractivity contribution in [3.63, 3.8) is 0 Å². The van der Waals surface area contributed by atoms with Gasteiger partial charge in [0.25, 0.3) is 0 Å². The van der Waals surface area contributed by atoms with Crippen LogP contribution in [0.5, 0.6) is 0 Å². The number of nitrogens with one attached hydrogen (secondary N) is 1.